The Bertz CT molecular complexity index is 783. The van der Waals surface area contributed by atoms with Crippen LogP contribution in [0.3, 0.4) is 0 Å². The first-order valence-electron chi connectivity index (χ1n) is 8.23. The Kier molecular flexibility index (Phi) is 6.91. The summed E-state index contributed by atoms with van der Waals surface area (Å²) in [5.41, 5.74) is 3.03. The molecule has 0 aliphatic carbocycles. The van der Waals surface area contributed by atoms with E-state index in [2.05, 4.69) is 29.1 Å². The number of methoxy groups -OCH3 is 1. The fraction of sp³-hybridized carbons (Fsp3) is 0.250. The van der Waals surface area contributed by atoms with E-state index in [0.717, 1.165) is 16.8 Å². The normalized spacial score (nSPS) is 10.8. The Balaban J connectivity index is 1.85. The topological polar surface area (TPSA) is 77.0 Å². The minimum Gasteiger partial charge on any atom is -0.465 e. The standard InChI is InChI=1S/C20H22N2O4/c1-14(2)17-6-4-5-7-18(17)22-19(23)13-26-21-12-15-8-10-16(11-9-15)20(24)25-3/h4-12,14H,13H2,1-3H3,(H,22,23)/b21-12+. The Morgan fingerprint density at radius 1 is 1.12 bits per heavy atom. The molecule has 0 aromatic heterocycles. The van der Waals surface area contributed by atoms with E-state index in [1.54, 1.807) is 24.3 Å². The van der Waals surface area contributed by atoms with Gasteiger partial charge in [-0.05, 0) is 35.2 Å². The molecule has 0 saturated heterocycles. The molecule has 136 valence electrons. The second-order valence-corrected chi connectivity index (χ2v) is 5.91. The maximum Gasteiger partial charge on any atom is 0.337 e. The van der Waals surface area contributed by atoms with Crippen molar-refractivity contribution in [2.75, 3.05) is 19.0 Å². The Morgan fingerprint density at radius 3 is 2.46 bits per heavy atom. The van der Waals surface area contributed by atoms with E-state index in [1.807, 2.05) is 24.3 Å². The third-order valence-corrected chi connectivity index (χ3v) is 3.66. The van der Waals surface area contributed by atoms with Crippen LogP contribution in [0.5, 0.6) is 0 Å². The van der Waals surface area contributed by atoms with Crippen molar-refractivity contribution < 1.29 is 19.2 Å². The smallest absolute Gasteiger partial charge is 0.337 e. The van der Waals surface area contributed by atoms with Gasteiger partial charge in [-0.1, -0.05) is 49.3 Å². The zero-order chi connectivity index (χ0) is 18.9. The number of para-hydroxylation sites is 1. The highest BCUT2D eigenvalue weighted by atomic mass is 16.6. The van der Waals surface area contributed by atoms with Gasteiger partial charge in [0.15, 0.2) is 6.61 Å². The van der Waals surface area contributed by atoms with Gasteiger partial charge in [0, 0.05) is 5.69 Å². The number of amides is 1. The highest BCUT2D eigenvalue weighted by Crippen LogP contribution is 2.23. The Hall–Kier alpha value is -3.15. The number of hydrogen-bond donors (Lipinski definition) is 1. The summed E-state index contributed by atoms with van der Waals surface area (Å²) in [4.78, 5) is 28.4. The largest absolute Gasteiger partial charge is 0.465 e. The third-order valence-electron chi connectivity index (χ3n) is 3.66. The molecule has 2 rings (SSSR count). The SMILES string of the molecule is COC(=O)c1ccc(/C=N/OCC(=O)Nc2ccccc2C(C)C)cc1. The molecule has 0 spiro atoms. The highest BCUT2D eigenvalue weighted by Gasteiger charge is 2.09. The van der Waals surface area contributed by atoms with E-state index >= 15 is 0 Å². The molecule has 0 aliphatic rings. The Labute approximate surface area is 152 Å². The van der Waals surface area contributed by atoms with E-state index in [9.17, 15) is 9.59 Å². The predicted molar refractivity (Wildman–Crippen MR) is 100 cm³/mol. The van der Waals surface area contributed by atoms with Crippen molar-refractivity contribution in [2.24, 2.45) is 5.16 Å². The number of esters is 1. The summed E-state index contributed by atoms with van der Waals surface area (Å²) in [5.74, 6) is -0.377. The van der Waals surface area contributed by atoms with Crippen LogP contribution in [0, 0.1) is 0 Å². The van der Waals surface area contributed by atoms with Crippen molar-refractivity contribution in [3.63, 3.8) is 0 Å². The van der Waals surface area contributed by atoms with Gasteiger partial charge in [0.1, 0.15) is 0 Å². The summed E-state index contributed by atoms with van der Waals surface area (Å²) in [6.45, 7) is 3.94. The van der Waals surface area contributed by atoms with Gasteiger partial charge in [-0.25, -0.2) is 4.79 Å². The van der Waals surface area contributed by atoms with E-state index < -0.39 is 5.97 Å². The van der Waals surface area contributed by atoms with Crippen LogP contribution in [-0.4, -0.2) is 31.8 Å². The average Bonchev–Trinajstić information content (AvgIpc) is 2.65. The molecule has 0 bridgehead atoms. The molecule has 26 heavy (non-hydrogen) atoms. The van der Waals surface area contributed by atoms with Gasteiger partial charge in [-0.2, -0.15) is 0 Å². The number of benzene rings is 2. The number of carbonyl (C=O) groups is 2. The average molecular weight is 354 g/mol. The molecule has 1 N–H and O–H groups in total. The molecule has 2 aromatic carbocycles. The molecular weight excluding hydrogens is 332 g/mol. The number of carbonyl (C=O) groups excluding carboxylic acids is 2. The molecule has 0 fully saturated rings. The lowest BCUT2D eigenvalue weighted by atomic mass is 10.0. The monoisotopic (exact) mass is 354 g/mol. The predicted octanol–water partition coefficient (Wildman–Crippen LogP) is 3.59. The molecule has 0 radical (unpaired) electrons. The van der Waals surface area contributed by atoms with Crippen molar-refractivity contribution in [2.45, 2.75) is 19.8 Å². The zero-order valence-corrected chi connectivity index (χ0v) is 15.1. The highest BCUT2D eigenvalue weighted by molar-refractivity contribution is 5.92. The fourth-order valence-electron chi connectivity index (χ4n) is 2.32. The third kappa shape index (κ3) is 5.44. The minimum absolute atomic E-state index is 0.191. The van der Waals surface area contributed by atoms with Crippen molar-refractivity contribution in [3.8, 4) is 0 Å². The quantitative estimate of drug-likeness (QED) is 0.468. The first-order chi connectivity index (χ1) is 12.5. The minimum atomic E-state index is -0.400. The first-order valence-corrected chi connectivity index (χ1v) is 8.23. The summed E-state index contributed by atoms with van der Waals surface area (Å²) >= 11 is 0. The second-order valence-electron chi connectivity index (χ2n) is 5.91. The van der Waals surface area contributed by atoms with Crippen LogP contribution in [0.2, 0.25) is 0 Å². The van der Waals surface area contributed by atoms with Crippen LogP contribution in [0.1, 0.15) is 41.3 Å². The van der Waals surface area contributed by atoms with Gasteiger partial charge >= 0.3 is 5.97 Å². The summed E-state index contributed by atoms with van der Waals surface area (Å²) < 4.78 is 4.63. The lowest BCUT2D eigenvalue weighted by Gasteiger charge is -2.13. The lowest BCUT2D eigenvalue weighted by Crippen LogP contribution is -2.18. The molecule has 0 atom stereocenters. The van der Waals surface area contributed by atoms with E-state index in [0.29, 0.717) is 11.5 Å². The number of nitrogens with zero attached hydrogens (tertiary/aromatic N) is 1. The maximum atomic E-state index is 12.0. The van der Waals surface area contributed by atoms with Gasteiger partial charge in [0.2, 0.25) is 0 Å². The summed E-state index contributed by atoms with van der Waals surface area (Å²) in [6, 6.07) is 14.3. The lowest BCUT2D eigenvalue weighted by molar-refractivity contribution is -0.120. The number of hydrogen-bond acceptors (Lipinski definition) is 5. The number of oxime groups is 1. The molecule has 1 amide bonds. The number of nitrogens with one attached hydrogen (secondary N) is 1. The maximum absolute atomic E-state index is 12.0. The second kappa shape index (κ2) is 9.36. The van der Waals surface area contributed by atoms with E-state index in [-0.39, 0.29) is 12.5 Å². The molecule has 0 saturated carbocycles. The van der Waals surface area contributed by atoms with Gasteiger partial charge in [-0.15, -0.1) is 0 Å². The fourth-order valence-corrected chi connectivity index (χ4v) is 2.32. The summed E-state index contributed by atoms with van der Waals surface area (Å²) in [7, 11) is 1.33. The first kappa shape index (κ1) is 19.2. The van der Waals surface area contributed by atoms with E-state index in [4.69, 9.17) is 4.84 Å². The number of rotatable bonds is 7. The van der Waals surface area contributed by atoms with Gasteiger partial charge in [-0.3, -0.25) is 4.79 Å². The Morgan fingerprint density at radius 2 is 1.81 bits per heavy atom. The van der Waals surface area contributed by atoms with Gasteiger partial charge < -0.3 is 14.9 Å². The molecule has 6 nitrogen and oxygen atoms in total. The van der Waals surface area contributed by atoms with Crippen LogP contribution in [-0.2, 0) is 14.4 Å². The zero-order valence-electron chi connectivity index (χ0n) is 15.1. The molecule has 0 unspecified atom stereocenters. The van der Waals surface area contributed by atoms with Crippen LogP contribution in [0.4, 0.5) is 5.69 Å². The number of anilines is 1. The molecule has 0 heterocycles. The molecular formula is C20H22N2O4. The van der Waals surface area contributed by atoms with Crippen molar-refractivity contribution in [3.05, 3.63) is 65.2 Å². The van der Waals surface area contributed by atoms with Gasteiger partial charge in [0.05, 0.1) is 18.9 Å². The number of ether oxygens (including phenoxy) is 1. The molecule has 0 aliphatic heterocycles. The van der Waals surface area contributed by atoms with E-state index in [1.165, 1.54) is 13.3 Å². The summed E-state index contributed by atoms with van der Waals surface area (Å²) in [5, 5.41) is 6.60. The van der Waals surface area contributed by atoms with Crippen LogP contribution >= 0.6 is 0 Å². The van der Waals surface area contributed by atoms with Crippen molar-refractivity contribution in [1.29, 1.82) is 0 Å². The van der Waals surface area contributed by atoms with Gasteiger partial charge in [0.25, 0.3) is 5.91 Å². The molecule has 6 heteroatoms. The van der Waals surface area contributed by atoms with Crippen molar-refractivity contribution >= 4 is 23.8 Å². The van der Waals surface area contributed by atoms with Crippen LogP contribution in [0.15, 0.2) is 53.7 Å². The van der Waals surface area contributed by atoms with Crippen LogP contribution in [0.25, 0.3) is 0 Å². The van der Waals surface area contributed by atoms with Crippen molar-refractivity contribution in [1.82, 2.24) is 0 Å². The summed E-state index contributed by atoms with van der Waals surface area (Å²) in [6.07, 6.45) is 1.47. The molecule has 2 aromatic rings. The van der Waals surface area contributed by atoms with Crippen LogP contribution < -0.4 is 5.32 Å².